The van der Waals surface area contributed by atoms with Crippen LogP contribution in [0.25, 0.3) is 0 Å². The number of thioether (sulfide) groups is 1. The van der Waals surface area contributed by atoms with Crippen molar-refractivity contribution in [3.8, 4) is 5.75 Å². The summed E-state index contributed by atoms with van der Waals surface area (Å²) in [6.07, 6.45) is 0. The second-order valence-corrected chi connectivity index (χ2v) is 6.71. The number of aryl methyl sites for hydroxylation is 1. The summed E-state index contributed by atoms with van der Waals surface area (Å²) < 4.78 is 10.3. The first-order valence-corrected chi connectivity index (χ1v) is 9.53. The molecule has 0 bridgehead atoms. The zero-order valence-corrected chi connectivity index (χ0v) is 15.6. The van der Waals surface area contributed by atoms with Gasteiger partial charge in [0.05, 0.1) is 0 Å². The number of ether oxygens (including phenoxy) is 2. The van der Waals surface area contributed by atoms with Gasteiger partial charge in [-0.15, -0.1) is 0 Å². The van der Waals surface area contributed by atoms with E-state index in [1.807, 2.05) is 43.3 Å². The van der Waals surface area contributed by atoms with Crippen LogP contribution in [0, 0.1) is 6.92 Å². The highest BCUT2D eigenvalue weighted by molar-refractivity contribution is 7.98. The average molecular weight is 373 g/mol. The summed E-state index contributed by atoms with van der Waals surface area (Å²) in [5, 5.41) is 2.73. The Labute approximate surface area is 158 Å². The van der Waals surface area contributed by atoms with Crippen LogP contribution < -0.4 is 10.1 Å². The number of esters is 1. The number of amides is 1. The molecule has 0 aliphatic heterocycles. The normalized spacial score (nSPS) is 10.2. The number of hydrogen-bond donors (Lipinski definition) is 1. The largest absolute Gasteiger partial charge is 0.482 e. The van der Waals surface area contributed by atoms with Crippen molar-refractivity contribution in [2.45, 2.75) is 12.7 Å². The van der Waals surface area contributed by atoms with E-state index in [4.69, 9.17) is 9.47 Å². The molecule has 2 rings (SSSR count). The van der Waals surface area contributed by atoms with Gasteiger partial charge in [-0.25, -0.2) is 4.79 Å². The molecule has 0 fully saturated rings. The lowest BCUT2D eigenvalue weighted by atomic mass is 10.2. The molecule has 0 heterocycles. The smallest absolute Gasteiger partial charge is 0.344 e. The van der Waals surface area contributed by atoms with E-state index in [2.05, 4.69) is 17.4 Å². The zero-order valence-electron chi connectivity index (χ0n) is 14.8. The summed E-state index contributed by atoms with van der Waals surface area (Å²) in [6, 6.07) is 17.5. The third-order valence-electron chi connectivity index (χ3n) is 3.48. The van der Waals surface area contributed by atoms with Gasteiger partial charge in [0, 0.05) is 18.1 Å². The fourth-order valence-electron chi connectivity index (χ4n) is 2.12. The molecule has 0 radical (unpaired) electrons. The Morgan fingerprint density at radius 2 is 1.73 bits per heavy atom. The van der Waals surface area contributed by atoms with Crippen LogP contribution in [0.3, 0.4) is 0 Å². The van der Waals surface area contributed by atoms with Crippen LogP contribution in [-0.2, 0) is 20.1 Å². The highest BCUT2D eigenvalue weighted by Gasteiger charge is 2.09. The Morgan fingerprint density at radius 3 is 2.50 bits per heavy atom. The maximum Gasteiger partial charge on any atom is 0.344 e. The molecule has 2 aromatic carbocycles. The second-order valence-electron chi connectivity index (χ2n) is 5.60. The van der Waals surface area contributed by atoms with Gasteiger partial charge < -0.3 is 14.8 Å². The standard InChI is InChI=1S/C20H23NO4S/c1-16-7-5-6-10-18(16)24-14-20(23)25-13-19(22)21-11-12-26-15-17-8-3-2-4-9-17/h2-10H,11-15H2,1H3,(H,21,22). The van der Waals surface area contributed by atoms with Gasteiger partial charge in [-0.3, -0.25) is 4.79 Å². The van der Waals surface area contributed by atoms with E-state index in [1.54, 1.807) is 17.8 Å². The number of hydrogen-bond acceptors (Lipinski definition) is 5. The van der Waals surface area contributed by atoms with Gasteiger partial charge in [-0.1, -0.05) is 48.5 Å². The number of nitrogens with one attached hydrogen (secondary N) is 1. The lowest BCUT2D eigenvalue weighted by Crippen LogP contribution is -2.31. The van der Waals surface area contributed by atoms with Gasteiger partial charge >= 0.3 is 5.97 Å². The molecule has 0 unspecified atom stereocenters. The molecule has 2 aromatic rings. The monoisotopic (exact) mass is 373 g/mol. The van der Waals surface area contributed by atoms with Crippen molar-refractivity contribution in [2.75, 3.05) is 25.5 Å². The van der Waals surface area contributed by atoms with Gasteiger partial charge in [-0.05, 0) is 24.1 Å². The number of benzene rings is 2. The molecule has 5 nitrogen and oxygen atoms in total. The first-order valence-electron chi connectivity index (χ1n) is 8.37. The van der Waals surface area contributed by atoms with Crippen LogP contribution in [-0.4, -0.2) is 37.4 Å². The Balaban J connectivity index is 1.52. The van der Waals surface area contributed by atoms with Crippen molar-refractivity contribution < 1.29 is 19.1 Å². The summed E-state index contributed by atoms with van der Waals surface area (Å²) in [6.45, 7) is 1.92. The van der Waals surface area contributed by atoms with Crippen molar-refractivity contribution in [1.29, 1.82) is 0 Å². The molecule has 0 aliphatic rings. The lowest BCUT2D eigenvalue weighted by molar-refractivity contribution is -0.150. The fraction of sp³-hybridized carbons (Fsp3) is 0.300. The van der Waals surface area contributed by atoms with Gasteiger partial charge in [0.1, 0.15) is 5.75 Å². The molecule has 1 amide bonds. The van der Waals surface area contributed by atoms with E-state index in [1.165, 1.54) is 5.56 Å². The molecule has 26 heavy (non-hydrogen) atoms. The van der Waals surface area contributed by atoms with Gasteiger partial charge in [0.2, 0.25) is 0 Å². The zero-order chi connectivity index (χ0) is 18.6. The summed E-state index contributed by atoms with van der Waals surface area (Å²) in [5.74, 6) is 1.45. The average Bonchev–Trinajstić information content (AvgIpc) is 2.66. The Morgan fingerprint density at radius 1 is 1.00 bits per heavy atom. The third-order valence-corrected chi connectivity index (χ3v) is 4.51. The van der Waals surface area contributed by atoms with Crippen molar-refractivity contribution in [1.82, 2.24) is 5.32 Å². The fourth-order valence-corrected chi connectivity index (χ4v) is 2.94. The molecular formula is C20H23NO4S. The minimum Gasteiger partial charge on any atom is -0.482 e. The Bertz CT molecular complexity index is 706. The van der Waals surface area contributed by atoms with E-state index in [9.17, 15) is 9.59 Å². The summed E-state index contributed by atoms with van der Waals surface area (Å²) >= 11 is 1.74. The van der Waals surface area contributed by atoms with Gasteiger partial charge in [-0.2, -0.15) is 11.8 Å². The van der Waals surface area contributed by atoms with Crippen molar-refractivity contribution in [3.05, 3.63) is 65.7 Å². The molecule has 138 valence electrons. The number of carbonyl (C=O) groups excluding carboxylic acids is 2. The molecule has 0 saturated heterocycles. The SMILES string of the molecule is Cc1ccccc1OCC(=O)OCC(=O)NCCSCc1ccccc1. The lowest BCUT2D eigenvalue weighted by Gasteiger charge is -2.09. The van der Waals surface area contributed by atoms with Crippen molar-refractivity contribution in [2.24, 2.45) is 0 Å². The minimum atomic E-state index is -0.568. The molecule has 0 spiro atoms. The summed E-state index contributed by atoms with van der Waals surface area (Å²) in [4.78, 5) is 23.3. The third kappa shape index (κ3) is 7.61. The molecular weight excluding hydrogens is 350 g/mol. The van der Waals surface area contributed by atoms with E-state index in [0.29, 0.717) is 12.3 Å². The Kier molecular flexibility index (Phi) is 8.55. The number of carbonyl (C=O) groups is 2. The quantitative estimate of drug-likeness (QED) is 0.512. The van der Waals surface area contributed by atoms with Crippen molar-refractivity contribution >= 4 is 23.6 Å². The second kappa shape index (κ2) is 11.2. The van der Waals surface area contributed by atoms with Crippen LogP contribution >= 0.6 is 11.8 Å². The van der Waals surface area contributed by atoms with E-state index in [0.717, 1.165) is 17.1 Å². The predicted molar refractivity (Wildman–Crippen MR) is 103 cm³/mol. The highest BCUT2D eigenvalue weighted by Crippen LogP contribution is 2.15. The summed E-state index contributed by atoms with van der Waals surface area (Å²) in [7, 11) is 0. The maximum absolute atomic E-state index is 11.7. The van der Waals surface area contributed by atoms with E-state index >= 15 is 0 Å². The first kappa shape index (κ1) is 19.8. The van der Waals surface area contributed by atoms with Gasteiger partial charge in [0.25, 0.3) is 5.91 Å². The Hall–Kier alpha value is -2.47. The molecule has 6 heteroatoms. The minimum absolute atomic E-state index is 0.217. The summed E-state index contributed by atoms with van der Waals surface area (Å²) in [5.41, 5.74) is 2.19. The van der Waals surface area contributed by atoms with Crippen LogP contribution in [0.15, 0.2) is 54.6 Å². The predicted octanol–water partition coefficient (Wildman–Crippen LogP) is 2.97. The van der Waals surface area contributed by atoms with Crippen LogP contribution in [0.4, 0.5) is 0 Å². The number of rotatable bonds is 10. The highest BCUT2D eigenvalue weighted by atomic mass is 32.2. The van der Waals surface area contributed by atoms with E-state index < -0.39 is 5.97 Å². The maximum atomic E-state index is 11.7. The van der Waals surface area contributed by atoms with Crippen LogP contribution in [0.5, 0.6) is 5.75 Å². The molecule has 1 N–H and O–H groups in total. The van der Waals surface area contributed by atoms with E-state index in [-0.39, 0.29) is 19.1 Å². The molecule has 0 saturated carbocycles. The van der Waals surface area contributed by atoms with Crippen molar-refractivity contribution in [3.63, 3.8) is 0 Å². The molecule has 0 aromatic heterocycles. The van der Waals surface area contributed by atoms with Crippen LogP contribution in [0.2, 0.25) is 0 Å². The first-order chi connectivity index (χ1) is 12.6. The molecule has 0 aliphatic carbocycles. The number of para-hydroxylation sites is 1. The topological polar surface area (TPSA) is 64.6 Å². The van der Waals surface area contributed by atoms with Gasteiger partial charge in [0.15, 0.2) is 13.2 Å². The molecule has 0 atom stereocenters. The van der Waals surface area contributed by atoms with Crippen LogP contribution in [0.1, 0.15) is 11.1 Å².